The van der Waals surface area contributed by atoms with E-state index in [4.69, 9.17) is 0 Å². The maximum absolute atomic E-state index is 4.57. The van der Waals surface area contributed by atoms with Gasteiger partial charge in [-0.3, -0.25) is 0 Å². The molecule has 0 aromatic carbocycles. The number of pyridine rings is 1. The minimum atomic E-state index is 0.515. The highest BCUT2D eigenvalue weighted by atomic mass is 15.2. The van der Waals surface area contributed by atoms with Gasteiger partial charge >= 0.3 is 0 Å². The molecule has 1 aromatic rings. The van der Waals surface area contributed by atoms with Gasteiger partial charge in [0.2, 0.25) is 0 Å². The summed E-state index contributed by atoms with van der Waals surface area (Å²) >= 11 is 0. The molecule has 0 fully saturated rings. The molecule has 3 heteroatoms. The van der Waals surface area contributed by atoms with Crippen molar-refractivity contribution < 1.29 is 0 Å². The average molecular weight is 249 g/mol. The number of nitrogens with one attached hydrogen (secondary N) is 1. The Bertz CT molecular complexity index is 319. The Morgan fingerprint density at radius 3 is 2.56 bits per heavy atom. The molecule has 1 aromatic heterocycles. The van der Waals surface area contributed by atoms with E-state index in [-0.39, 0.29) is 0 Å². The quantitative estimate of drug-likeness (QED) is 0.767. The predicted molar refractivity (Wildman–Crippen MR) is 79.0 cm³/mol. The number of hydrogen-bond acceptors (Lipinski definition) is 3. The van der Waals surface area contributed by atoms with Crippen LogP contribution in [0.4, 0.5) is 5.82 Å². The van der Waals surface area contributed by atoms with Gasteiger partial charge in [0.05, 0.1) is 0 Å². The van der Waals surface area contributed by atoms with Crippen LogP contribution in [0.15, 0.2) is 18.3 Å². The predicted octanol–water partition coefficient (Wildman–Crippen LogP) is 3.21. The summed E-state index contributed by atoms with van der Waals surface area (Å²) in [5.41, 5.74) is 1.25. The molecule has 0 saturated carbocycles. The summed E-state index contributed by atoms with van der Waals surface area (Å²) in [6, 6.07) is 4.82. The Balaban J connectivity index is 2.57. The third-order valence-corrected chi connectivity index (χ3v) is 3.01. The molecule has 0 aliphatic carbocycles. The SMILES string of the molecule is CCCCN(CC)c1ccc(CNC(C)C)cn1. The van der Waals surface area contributed by atoms with Crippen LogP contribution in [-0.4, -0.2) is 24.1 Å². The summed E-state index contributed by atoms with van der Waals surface area (Å²) < 4.78 is 0. The first-order valence-corrected chi connectivity index (χ1v) is 7.10. The number of rotatable bonds is 8. The van der Waals surface area contributed by atoms with Crippen molar-refractivity contribution in [2.75, 3.05) is 18.0 Å². The molecule has 1 heterocycles. The summed E-state index contributed by atoms with van der Waals surface area (Å²) in [4.78, 5) is 6.90. The van der Waals surface area contributed by atoms with E-state index >= 15 is 0 Å². The largest absolute Gasteiger partial charge is 0.357 e. The van der Waals surface area contributed by atoms with Crippen LogP contribution in [-0.2, 0) is 6.54 Å². The van der Waals surface area contributed by atoms with Crippen molar-refractivity contribution in [2.45, 2.75) is 53.1 Å². The van der Waals surface area contributed by atoms with E-state index in [1.165, 1.54) is 18.4 Å². The van der Waals surface area contributed by atoms with Crippen molar-refractivity contribution in [3.05, 3.63) is 23.9 Å². The fraction of sp³-hybridized carbons (Fsp3) is 0.667. The van der Waals surface area contributed by atoms with E-state index in [2.05, 4.69) is 55.0 Å². The maximum Gasteiger partial charge on any atom is 0.128 e. The van der Waals surface area contributed by atoms with Crippen molar-refractivity contribution in [3.63, 3.8) is 0 Å². The van der Waals surface area contributed by atoms with Gasteiger partial charge in [-0.05, 0) is 25.0 Å². The first-order valence-electron chi connectivity index (χ1n) is 7.10. The second-order valence-corrected chi connectivity index (χ2v) is 4.99. The van der Waals surface area contributed by atoms with Gasteiger partial charge in [0.15, 0.2) is 0 Å². The lowest BCUT2D eigenvalue weighted by Crippen LogP contribution is -2.25. The molecule has 0 unspecified atom stereocenters. The third kappa shape index (κ3) is 5.05. The molecule has 0 bridgehead atoms. The lowest BCUT2D eigenvalue weighted by atomic mass is 10.2. The van der Waals surface area contributed by atoms with Crippen LogP contribution in [0, 0.1) is 0 Å². The molecule has 1 N–H and O–H groups in total. The first kappa shape index (κ1) is 15.0. The van der Waals surface area contributed by atoms with Crippen LogP contribution in [0.2, 0.25) is 0 Å². The second-order valence-electron chi connectivity index (χ2n) is 4.99. The van der Waals surface area contributed by atoms with E-state index in [0.29, 0.717) is 6.04 Å². The lowest BCUT2D eigenvalue weighted by Gasteiger charge is -2.21. The van der Waals surface area contributed by atoms with Crippen LogP contribution in [0.5, 0.6) is 0 Å². The van der Waals surface area contributed by atoms with Crippen molar-refractivity contribution in [2.24, 2.45) is 0 Å². The number of aromatic nitrogens is 1. The highest BCUT2D eigenvalue weighted by Crippen LogP contribution is 2.12. The van der Waals surface area contributed by atoms with Crippen LogP contribution < -0.4 is 10.2 Å². The molecule has 102 valence electrons. The van der Waals surface area contributed by atoms with Gasteiger partial charge in [0, 0.05) is 31.9 Å². The molecular weight excluding hydrogens is 222 g/mol. The molecule has 0 saturated heterocycles. The average Bonchev–Trinajstić information content (AvgIpc) is 2.38. The molecule has 18 heavy (non-hydrogen) atoms. The Labute approximate surface area is 112 Å². The third-order valence-electron chi connectivity index (χ3n) is 3.01. The number of hydrogen-bond donors (Lipinski definition) is 1. The Hall–Kier alpha value is -1.09. The van der Waals surface area contributed by atoms with Gasteiger partial charge in [0.25, 0.3) is 0 Å². The molecule has 0 spiro atoms. The number of unbranched alkanes of at least 4 members (excludes halogenated alkanes) is 1. The molecule has 0 aliphatic heterocycles. The summed E-state index contributed by atoms with van der Waals surface area (Å²) in [6.07, 6.45) is 4.44. The van der Waals surface area contributed by atoms with Gasteiger partial charge in [0.1, 0.15) is 5.82 Å². The zero-order valence-electron chi connectivity index (χ0n) is 12.2. The maximum atomic E-state index is 4.57. The van der Waals surface area contributed by atoms with Crippen molar-refractivity contribution in [3.8, 4) is 0 Å². The van der Waals surface area contributed by atoms with E-state index in [1.807, 2.05) is 6.20 Å². The topological polar surface area (TPSA) is 28.2 Å². The van der Waals surface area contributed by atoms with Crippen molar-refractivity contribution in [1.82, 2.24) is 10.3 Å². The van der Waals surface area contributed by atoms with E-state index < -0.39 is 0 Å². The zero-order chi connectivity index (χ0) is 13.4. The van der Waals surface area contributed by atoms with Gasteiger partial charge in [-0.2, -0.15) is 0 Å². The minimum absolute atomic E-state index is 0.515. The van der Waals surface area contributed by atoms with E-state index in [9.17, 15) is 0 Å². The number of nitrogens with zero attached hydrogens (tertiary/aromatic N) is 2. The normalized spacial score (nSPS) is 10.9. The standard InChI is InChI=1S/C15H27N3/c1-5-7-10-18(6-2)15-9-8-14(12-17-15)11-16-13(3)4/h8-9,12-13,16H,5-7,10-11H2,1-4H3. The summed E-state index contributed by atoms with van der Waals surface area (Å²) in [7, 11) is 0. The monoisotopic (exact) mass is 249 g/mol. The van der Waals surface area contributed by atoms with Crippen LogP contribution in [0.25, 0.3) is 0 Å². The first-order chi connectivity index (χ1) is 8.67. The van der Waals surface area contributed by atoms with E-state index in [1.54, 1.807) is 0 Å². The van der Waals surface area contributed by atoms with E-state index in [0.717, 1.165) is 25.5 Å². The Kier molecular flexibility index (Phi) is 6.73. The van der Waals surface area contributed by atoms with Gasteiger partial charge < -0.3 is 10.2 Å². The summed E-state index contributed by atoms with van der Waals surface area (Å²) in [5.74, 6) is 1.10. The van der Waals surface area contributed by atoms with Crippen LogP contribution >= 0.6 is 0 Å². The fourth-order valence-electron chi connectivity index (χ4n) is 1.81. The Morgan fingerprint density at radius 1 is 1.28 bits per heavy atom. The van der Waals surface area contributed by atoms with Crippen LogP contribution in [0.1, 0.15) is 46.1 Å². The van der Waals surface area contributed by atoms with Crippen molar-refractivity contribution in [1.29, 1.82) is 0 Å². The number of anilines is 1. The van der Waals surface area contributed by atoms with Gasteiger partial charge in [-0.1, -0.05) is 33.3 Å². The molecule has 0 aliphatic rings. The summed E-state index contributed by atoms with van der Waals surface area (Å²) in [5, 5.41) is 3.41. The smallest absolute Gasteiger partial charge is 0.128 e. The molecule has 1 rings (SSSR count). The molecule has 0 atom stereocenters. The highest BCUT2D eigenvalue weighted by Gasteiger charge is 2.05. The second kappa shape index (κ2) is 8.09. The van der Waals surface area contributed by atoms with Crippen molar-refractivity contribution >= 4 is 5.82 Å². The molecular formula is C15H27N3. The minimum Gasteiger partial charge on any atom is -0.357 e. The molecule has 0 amide bonds. The molecule has 3 nitrogen and oxygen atoms in total. The fourth-order valence-corrected chi connectivity index (χ4v) is 1.81. The van der Waals surface area contributed by atoms with Gasteiger partial charge in [-0.15, -0.1) is 0 Å². The summed E-state index contributed by atoms with van der Waals surface area (Å²) in [6.45, 7) is 11.7. The zero-order valence-corrected chi connectivity index (χ0v) is 12.2. The lowest BCUT2D eigenvalue weighted by molar-refractivity contribution is 0.588. The highest BCUT2D eigenvalue weighted by molar-refractivity contribution is 5.39. The van der Waals surface area contributed by atoms with Gasteiger partial charge in [-0.25, -0.2) is 4.98 Å². The molecule has 0 radical (unpaired) electrons. The van der Waals surface area contributed by atoms with Crippen LogP contribution in [0.3, 0.4) is 0 Å². The Morgan fingerprint density at radius 2 is 2.06 bits per heavy atom.